The summed E-state index contributed by atoms with van der Waals surface area (Å²) in [4.78, 5) is 21.9. The van der Waals surface area contributed by atoms with Gasteiger partial charge in [0.25, 0.3) is 11.7 Å². The summed E-state index contributed by atoms with van der Waals surface area (Å²) in [5, 5.41) is 22.9. The van der Waals surface area contributed by atoms with Crippen molar-refractivity contribution >= 4 is 0 Å². The van der Waals surface area contributed by atoms with Crippen LogP contribution in [0.15, 0.2) is 23.0 Å². The number of rotatable bonds is 7. The maximum absolute atomic E-state index is 13.1. The Bertz CT molecular complexity index is 613. The smallest absolute Gasteiger partial charge is 0.396 e. The molecule has 0 fully saturated rings. The Kier molecular flexibility index (Phi) is 6.13. The molecule has 0 aromatic carbocycles. The summed E-state index contributed by atoms with van der Waals surface area (Å²) in [6, 6.07) is -2.30. The van der Waals surface area contributed by atoms with Crippen molar-refractivity contribution < 1.29 is 23.0 Å². The molecule has 0 saturated carbocycles. The Morgan fingerprint density at radius 3 is 2.04 bits per heavy atom. The lowest BCUT2D eigenvalue weighted by molar-refractivity contribution is -0.542. The quantitative estimate of drug-likeness (QED) is 0.393. The molecular formula is C13H20F3N5O4. The Morgan fingerprint density at radius 2 is 1.72 bits per heavy atom. The SMILES string of the molecule is CCCN(CCC)C1(N)C([N+](=O)[O-])=CC(C(F)(F)F)=C(N)C1[N+](=O)[O-]. The number of nitro groups is 2. The van der Waals surface area contributed by atoms with Crippen LogP contribution in [0.1, 0.15) is 26.7 Å². The summed E-state index contributed by atoms with van der Waals surface area (Å²) in [6.07, 6.45) is -4.01. The van der Waals surface area contributed by atoms with Gasteiger partial charge >= 0.3 is 6.18 Å². The van der Waals surface area contributed by atoms with E-state index < -0.39 is 44.7 Å². The molecule has 142 valence electrons. The van der Waals surface area contributed by atoms with Gasteiger partial charge in [-0.2, -0.15) is 13.2 Å². The van der Waals surface area contributed by atoms with Crippen molar-refractivity contribution in [2.24, 2.45) is 11.5 Å². The van der Waals surface area contributed by atoms with E-state index in [-0.39, 0.29) is 19.2 Å². The molecule has 1 aliphatic rings. The molecule has 2 unspecified atom stereocenters. The van der Waals surface area contributed by atoms with Crippen LogP contribution in [0, 0.1) is 20.2 Å². The highest BCUT2D eigenvalue weighted by atomic mass is 19.4. The van der Waals surface area contributed by atoms with Gasteiger partial charge in [-0.25, -0.2) is 0 Å². The fourth-order valence-corrected chi connectivity index (χ4v) is 2.94. The summed E-state index contributed by atoms with van der Waals surface area (Å²) in [6.45, 7) is 3.67. The zero-order valence-electron chi connectivity index (χ0n) is 13.7. The first-order valence-corrected chi connectivity index (χ1v) is 7.53. The van der Waals surface area contributed by atoms with Crippen LogP contribution in [0.2, 0.25) is 0 Å². The molecule has 25 heavy (non-hydrogen) atoms. The molecule has 0 spiro atoms. The van der Waals surface area contributed by atoms with Crippen LogP contribution in [0.25, 0.3) is 0 Å². The van der Waals surface area contributed by atoms with E-state index in [4.69, 9.17) is 11.5 Å². The van der Waals surface area contributed by atoms with Crippen LogP contribution in [0.4, 0.5) is 13.2 Å². The molecule has 0 amide bonds. The maximum Gasteiger partial charge on any atom is 0.418 e. The number of halogens is 3. The number of alkyl halides is 3. The van der Waals surface area contributed by atoms with E-state index in [1.807, 2.05) is 0 Å². The van der Waals surface area contributed by atoms with Gasteiger partial charge in [-0.05, 0) is 12.8 Å². The molecule has 0 heterocycles. The molecule has 2 atom stereocenters. The number of nitrogens with zero attached hydrogens (tertiary/aromatic N) is 3. The average molecular weight is 367 g/mol. The molecule has 4 N–H and O–H groups in total. The van der Waals surface area contributed by atoms with Crippen molar-refractivity contribution in [2.45, 2.75) is 44.6 Å². The zero-order chi connectivity index (χ0) is 19.6. The van der Waals surface area contributed by atoms with Gasteiger partial charge in [-0.1, -0.05) is 13.8 Å². The van der Waals surface area contributed by atoms with Gasteiger partial charge in [-0.3, -0.25) is 30.9 Å². The lowest BCUT2D eigenvalue weighted by Gasteiger charge is -2.41. The molecule has 0 aliphatic heterocycles. The summed E-state index contributed by atoms with van der Waals surface area (Å²) >= 11 is 0. The van der Waals surface area contributed by atoms with Crippen LogP contribution in [0.3, 0.4) is 0 Å². The molecule has 0 bridgehead atoms. The first-order valence-electron chi connectivity index (χ1n) is 7.53. The average Bonchev–Trinajstić information content (AvgIpc) is 2.44. The molecule has 0 aromatic heterocycles. The van der Waals surface area contributed by atoms with Crippen molar-refractivity contribution in [3.05, 3.63) is 43.3 Å². The van der Waals surface area contributed by atoms with E-state index >= 15 is 0 Å². The van der Waals surface area contributed by atoms with Gasteiger partial charge in [0.1, 0.15) is 0 Å². The molecule has 0 saturated heterocycles. The van der Waals surface area contributed by atoms with Crippen molar-refractivity contribution in [3.63, 3.8) is 0 Å². The molecule has 9 nitrogen and oxygen atoms in total. The third-order valence-electron chi connectivity index (χ3n) is 3.94. The minimum absolute atomic E-state index is 0.120. The first-order chi connectivity index (χ1) is 11.4. The minimum atomic E-state index is -5.08. The summed E-state index contributed by atoms with van der Waals surface area (Å²) in [5.74, 6) is 0. The highest BCUT2D eigenvalue weighted by Gasteiger charge is 2.62. The second-order valence-corrected chi connectivity index (χ2v) is 5.65. The molecule has 1 aliphatic carbocycles. The van der Waals surface area contributed by atoms with Crippen molar-refractivity contribution in [1.82, 2.24) is 4.90 Å². The monoisotopic (exact) mass is 367 g/mol. The number of allylic oxidation sites excluding steroid dienone is 2. The van der Waals surface area contributed by atoms with Crippen molar-refractivity contribution in [2.75, 3.05) is 13.1 Å². The minimum Gasteiger partial charge on any atom is -0.396 e. The van der Waals surface area contributed by atoms with Gasteiger partial charge in [0, 0.05) is 24.1 Å². The summed E-state index contributed by atoms with van der Waals surface area (Å²) in [5.41, 5.74) is 5.23. The predicted molar refractivity (Wildman–Crippen MR) is 82.2 cm³/mol. The summed E-state index contributed by atoms with van der Waals surface area (Å²) in [7, 11) is 0. The highest BCUT2D eigenvalue weighted by Crippen LogP contribution is 2.40. The largest absolute Gasteiger partial charge is 0.418 e. The van der Waals surface area contributed by atoms with Gasteiger partial charge in [0.2, 0.25) is 5.66 Å². The van der Waals surface area contributed by atoms with E-state index in [9.17, 15) is 33.4 Å². The predicted octanol–water partition coefficient (Wildman–Crippen LogP) is 1.36. The van der Waals surface area contributed by atoms with E-state index in [0.717, 1.165) is 0 Å². The van der Waals surface area contributed by atoms with Crippen molar-refractivity contribution in [3.8, 4) is 0 Å². The lowest BCUT2D eigenvalue weighted by Crippen LogP contribution is -2.70. The third kappa shape index (κ3) is 3.74. The lowest BCUT2D eigenvalue weighted by atomic mass is 9.84. The van der Waals surface area contributed by atoms with Gasteiger partial charge in [0.15, 0.2) is 0 Å². The Balaban J connectivity index is 3.74. The topological polar surface area (TPSA) is 142 Å². The number of hydrogen-bond acceptors (Lipinski definition) is 7. The van der Waals surface area contributed by atoms with Gasteiger partial charge < -0.3 is 5.73 Å². The Labute approximate surface area is 141 Å². The fraction of sp³-hybridized carbons (Fsp3) is 0.692. The van der Waals surface area contributed by atoms with Crippen LogP contribution < -0.4 is 11.5 Å². The Hall–Kier alpha value is -2.21. The van der Waals surface area contributed by atoms with E-state index in [1.165, 1.54) is 4.90 Å². The van der Waals surface area contributed by atoms with Crippen LogP contribution in [-0.4, -0.2) is 45.7 Å². The second-order valence-electron chi connectivity index (χ2n) is 5.65. The van der Waals surface area contributed by atoms with E-state index in [0.29, 0.717) is 12.8 Å². The third-order valence-corrected chi connectivity index (χ3v) is 3.94. The van der Waals surface area contributed by atoms with Crippen molar-refractivity contribution in [1.29, 1.82) is 0 Å². The van der Waals surface area contributed by atoms with Crippen LogP contribution in [0.5, 0.6) is 0 Å². The molecule has 1 rings (SSSR count). The first kappa shape index (κ1) is 20.8. The van der Waals surface area contributed by atoms with E-state index in [1.54, 1.807) is 13.8 Å². The summed E-state index contributed by atoms with van der Waals surface area (Å²) < 4.78 is 39.4. The van der Waals surface area contributed by atoms with Crippen LogP contribution >= 0.6 is 0 Å². The fourth-order valence-electron chi connectivity index (χ4n) is 2.94. The zero-order valence-corrected chi connectivity index (χ0v) is 13.7. The van der Waals surface area contributed by atoms with Crippen LogP contribution in [-0.2, 0) is 0 Å². The number of nitrogens with two attached hydrogens (primary N) is 2. The molecule has 0 aromatic rings. The molecular weight excluding hydrogens is 347 g/mol. The van der Waals surface area contributed by atoms with Gasteiger partial charge in [0.05, 0.1) is 16.2 Å². The molecule has 12 heteroatoms. The second kappa shape index (κ2) is 7.35. The highest BCUT2D eigenvalue weighted by molar-refractivity contribution is 5.42. The molecule has 0 radical (unpaired) electrons. The Morgan fingerprint density at radius 1 is 1.24 bits per heavy atom. The van der Waals surface area contributed by atoms with E-state index in [2.05, 4.69) is 0 Å². The standard InChI is InChI=1S/C13H20F3N5O4/c1-3-5-19(6-4-2)12(18)9(20(22)23)7-8(13(14,15)16)10(17)11(12)21(24)25/h7,11H,3-6,17-18H2,1-2H3. The maximum atomic E-state index is 13.1. The van der Waals surface area contributed by atoms with Gasteiger partial charge in [-0.15, -0.1) is 0 Å². The number of hydrogen-bond donors (Lipinski definition) is 2. The normalized spacial score (nSPS) is 24.4.